The largest absolute Gasteiger partial charge is 0.492 e. The summed E-state index contributed by atoms with van der Waals surface area (Å²) in [4.78, 5) is 4.63. The highest BCUT2D eigenvalue weighted by Gasteiger charge is 2.11. The molecule has 4 rings (SSSR count). The Morgan fingerprint density at radius 1 is 1.03 bits per heavy atom. The zero-order valence-electron chi connectivity index (χ0n) is 15.9. The van der Waals surface area contributed by atoms with E-state index in [4.69, 9.17) is 4.74 Å². The van der Waals surface area contributed by atoms with Crippen LogP contribution >= 0.6 is 0 Å². The van der Waals surface area contributed by atoms with Gasteiger partial charge in [-0.05, 0) is 48.9 Å². The maximum atomic E-state index is 12.3. The molecule has 0 amide bonds. The van der Waals surface area contributed by atoms with Gasteiger partial charge in [0, 0.05) is 23.6 Å². The Balaban J connectivity index is 1.40. The molecular formula is C22H21N3O3S. The van der Waals surface area contributed by atoms with E-state index in [9.17, 15) is 8.42 Å². The highest BCUT2D eigenvalue weighted by molar-refractivity contribution is 7.92. The van der Waals surface area contributed by atoms with Crippen LogP contribution in [0.15, 0.2) is 79.1 Å². The van der Waals surface area contributed by atoms with Crippen LogP contribution in [0.25, 0.3) is 16.9 Å². The predicted molar refractivity (Wildman–Crippen MR) is 115 cm³/mol. The number of aromatic nitrogens is 2. The number of hydrogen-bond acceptors (Lipinski definition) is 4. The zero-order chi connectivity index (χ0) is 20.3. The molecule has 0 spiro atoms. The van der Waals surface area contributed by atoms with Crippen LogP contribution < -0.4 is 9.46 Å². The van der Waals surface area contributed by atoms with Crippen LogP contribution in [0.1, 0.15) is 5.56 Å². The van der Waals surface area contributed by atoms with Crippen molar-refractivity contribution < 1.29 is 13.2 Å². The third-order valence-corrected chi connectivity index (χ3v) is 5.68. The normalized spacial score (nSPS) is 11.5. The Kier molecular flexibility index (Phi) is 5.22. The van der Waals surface area contributed by atoms with Crippen LogP contribution in [0.3, 0.4) is 0 Å². The molecule has 0 aliphatic carbocycles. The minimum atomic E-state index is -3.50. The fraction of sp³-hybridized carbons (Fsp3) is 0.136. The first-order valence-electron chi connectivity index (χ1n) is 9.23. The Morgan fingerprint density at radius 2 is 1.79 bits per heavy atom. The predicted octanol–water partition coefficient (Wildman–Crippen LogP) is 4.13. The highest BCUT2D eigenvalue weighted by Crippen LogP contribution is 2.22. The van der Waals surface area contributed by atoms with E-state index in [1.54, 1.807) is 24.3 Å². The Hall–Kier alpha value is -3.32. The molecule has 0 atom stereocenters. The number of aryl methyl sites for hydroxylation is 1. The molecule has 0 saturated heterocycles. The topological polar surface area (TPSA) is 72.7 Å². The fourth-order valence-corrected chi connectivity index (χ4v) is 3.85. The molecule has 0 bridgehead atoms. The second-order valence-electron chi connectivity index (χ2n) is 6.76. The maximum Gasteiger partial charge on any atom is 0.236 e. The Labute approximate surface area is 169 Å². The third-order valence-electron chi connectivity index (χ3n) is 4.43. The first kappa shape index (κ1) is 19.0. The minimum Gasteiger partial charge on any atom is -0.492 e. The number of fused-ring (bicyclic) bond motifs is 1. The molecule has 2 heterocycles. The van der Waals surface area contributed by atoms with Crippen molar-refractivity contribution in [2.75, 3.05) is 17.1 Å². The van der Waals surface area contributed by atoms with Gasteiger partial charge in [0.2, 0.25) is 10.0 Å². The van der Waals surface area contributed by atoms with Gasteiger partial charge in [0.1, 0.15) is 23.8 Å². The van der Waals surface area contributed by atoms with E-state index in [1.165, 1.54) is 0 Å². The van der Waals surface area contributed by atoms with Gasteiger partial charge in [-0.25, -0.2) is 13.4 Å². The molecule has 0 saturated carbocycles. The number of ether oxygens (including phenoxy) is 1. The number of hydrogen-bond donors (Lipinski definition) is 1. The number of imidazole rings is 1. The van der Waals surface area contributed by atoms with Crippen LogP contribution in [0.4, 0.5) is 5.69 Å². The summed E-state index contributed by atoms with van der Waals surface area (Å²) in [6, 6.07) is 20.4. The molecule has 6 nitrogen and oxygen atoms in total. The first-order valence-corrected chi connectivity index (χ1v) is 10.9. The van der Waals surface area contributed by atoms with Gasteiger partial charge in [-0.1, -0.05) is 30.3 Å². The summed E-state index contributed by atoms with van der Waals surface area (Å²) in [5, 5.41) is 0. The molecule has 2 aromatic heterocycles. The molecule has 29 heavy (non-hydrogen) atoms. The number of nitrogens with one attached hydrogen (secondary N) is 1. The van der Waals surface area contributed by atoms with Gasteiger partial charge < -0.3 is 9.14 Å². The summed E-state index contributed by atoms with van der Waals surface area (Å²) in [5.41, 5.74) is 4.29. The summed E-state index contributed by atoms with van der Waals surface area (Å²) in [5.74, 6) is 0.518. The van der Waals surface area contributed by atoms with Crippen LogP contribution in [0.2, 0.25) is 0 Å². The van der Waals surface area contributed by atoms with Crippen molar-refractivity contribution in [1.29, 1.82) is 0 Å². The lowest BCUT2D eigenvalue weighted by molar-refractivity contribution is 0.341. The van der Waals surface area contributed by atoms with Crippen LogP contribution in [0.5, 0.6) is 5.75 Å². The minimum absolute atomic E-state index is 0.0814. The summed E-state index contributed by atoms with van der Waals surface area (Å²) in [6.45, 7) is 2.11. The van der Waals surface area contributed by atoms with Gasteiger partial charge in [-0.2, -0.15) is 0 Å². The molecule has 0 fully saturated rings. The van der Waals surface area contributed by atoms with E-state index in [2.05, 4.69) is 9.71 Å². The zero-order valence-corrected chi connectivity index (χ0v) is 16.8. The highest BCUT2D eigenvalue weighted by atomic mass is 32.2. The van der Waals surface area contributed by atoms with Gasteiger partial charge in [-0.3, -0.25) is 4.72 Å². The Bertz CT molecular complexity index is 1220. The maximum absolute atomic E-state index is 12.3. The number of para-hydroxylation sites is 1. The Morgan fingerprint density at radius 3 is 2.55 bits per heavy atom. The van der Waals surface area contributed by atoms with E-state index >= 15 is 0 Å². The molecule has 1 N–H and O–H groups in total. The SMILES string of the molecule is Cc1ccn2cc(-c3ccc(NS(=O)(=O)CCOc4ccccc4)cc3)nc2c1. The van der Waals surface area contributed by atoms with Gasteiger partial charge >= 0.3 is 0 Å². The van der Waals surface area contributed by atoms with Crippen molar-refractivity contribution in [3.05, 3.63) is 84.7 Å². The lowest BCUT2D eigenvalue weighted by Gasteiger charge is -2.09. The molecule has 2 aromatic carbocycles. The molecule has 7 heteroatoms. The van der Waals surface area contributed by atoms with Crippen LogP contribution in [-0.2, 0) is 10.0 Å². The lowest BCUT2D eigenvalue weighted by atomic mass is 10.1. The second-order valence-corrected chi connectivity index (χ2v) is 8.60. The fourth-order valence-electron chi connectivity index (χ4n) is 2.95. The average Bonchev–Trinajstić information content (AvgIpc) is 3.12. The van der Waals surface area contributed by atoms with Gasteiger partial charge in [0.25, 0.3) is 0 Å². The number of sulfonamides is 1. The van der Waals surface area contributed by atoms with Gasteiger partial charge in [-0.15, -0.1) is 0 Å². The van der Waals surface area contributed by atoms with Crippen molar-refractivity contribution in [2.24, 2.45) is 0 Å². The van der Waals surface area contributed by atoms with Crippen molar-refractivity contribution in [3.8, 4) is 17.0 Å². The molecule has 0 aliphatic heterocycles. The molecule has 4 aromatic rings. The summed E-state index contributed by atoms with van der Waals surface area (Å²) in [6.07, 6.45) is 3.93. The second kappa shape index (κ2) is 7.97. The number of nitrogens with zero attached hydrogens (tertiary/aromatic N) is 2. The van der Waals surface area contributed by atoms with E-state index in [0.717, 1.165) is 22.5 Å². The van der Waals surface area contributed by atoms with E-state index in [-0.39, 0.29) is 12.4 Å². The monoisotopic (exact) mass is 407 g/mol. The number of benzene rings is 2. The third kappa shape index (κ3) is 4.75. The molecule has 148 valence electrons. The summed E-state index contributed by atoms with van der Waals surface area (Å²) < 4.78 is 34.6. The van der Waals surface area contributed by atoms with Crippen LogP contribution in [-0.4, -0.2) is 30.2 Å². The molecule has 0 aliphatic rings. The lowest BCUT2D eigenvalue weighted by Crippen LogP contribution is -2.21. The molecular weight excluding hydrogens is 386 g/mol. The first-order chi connectivity index (χ1) is 14.0. The summed E-state index contributed by atoms with van der Waals surface area (Å²) in [7, 11) is -3.50. The van der Waals surface area contributed by atoms with E-state index < -0.39 is 10.0 Å². The summed E-state index contributed by atoms with van der Waals surface area (Å²) >= 11 is 0. The van der Waals surface area contributed by atoms with Crippen molar-refractivity contribution in [1.82, 2.24) is 9.38 Å². The van der Waals surface area contributed by atoms with Gasteiger partial charge in [0.15, 0.2) is 0 Å². The van der Waals surface area contributed by atoms with E-state index in [0.29, 0.717) is 11.4 Å². The van der Waals surface area contributed by atoms with E-state index in [1.807, 2.05) is 66.2 Å². The van der Waals surface area contributed by atoms with Crippen LogP contribution in [0, 0.1) is 6.92 Å². The quantitative estimate of drug-likeness (QED) is 0.500. The average molecular weight is 407 g/mol. The standard InChI is InChI=1S/C22H21N3O3S/c1-17-11-12-25-16-21(23-22(25)15-17)18-7-9-19(10-8-18)24-29(26,27)14-13-28-20-5-3-2-4-6-20/h2-12,15-16,24H,13-14H2,1H3. The van der Waals surface area contributed by atoms with Crippen molar-refractivity contribution >= 4 is 21.4 Å². The molecule has 0 unspecified atom stereocenters. The smallest absolute Gasteiger partial charge is 0.236 e. The number of rotatable bonds is 7. The number of anilines is 1. The van der Waals surface area contributed by atoms with Gasteiger partial charge in [0.05, 0.1) is 5.69 Å². The number of pyridine rings is 1. The molecule has 0 radical (unpaired) electrons. The van der Waals surface area contributed by atoms with Crippen molar-refractivity contribution in [3.63, 3.8) is 0 Å². The van der Waals surface area contributed by atoms with Crippen molar-refractivity contribution in [2.45, 2.75) is 6.92 Å².